The van der Waals surface area contributed by atoms with Gasteiger partial charge in [0.2, 0.25) is 21.8 Å². The normalized spacial score (nSPS) is 12.1. The Hall–Kier alpha value is -2.29. The molecule has 0 heterocycles. The SMILES string of the molecule is CCCCNC(=O)C(CC)N(Cc1ccccc1)C(=O)CN(c1ccc(Cl)cc1Cl)S(C)(=O)=O. The number of hydrogen-bond donors (Lipinski definition) is 1. The summed E-state index contributed by atoms with van der Waals surface area (Å²) in [6, 6.07) is 12.9. The number of halogens is 2. The van der Waals surface area contributed by atoms with Crippen LogP contribution in [0.2, 0.25) is 10.0 Å². The van der Waals surface area contributed by atoms with E-state index in [0.29, 0.717) is 18.0 Å². The van der Waals surface area contributed by atoms with Crippen molar-refractivity contribution >= 4 is 50.7 Å². The molecule has 0 saturated carbocycles. The van der Waals surface area contributed by atoms with E-state index in [0.717, 1.165) is 29.0 Å². The van der Waals surface area contributed by atoms with Crippen LogP contribution in [-0.2, 0) is 26.2 Å². The first kappa shape index (κ1) is 28.0. The second-order valence-electron chi connectivity index (χ2n) is 7.94. The van der Waals surface area contributed by atoms with Gasteiger partial charge in [0.1, 0.15) is 12.6 Å². The Bertz CT molecular complexity index is 1080. The largest absolute Gasteiger partial charge is 0.354 e. The van der Waals surface area contributed by atoms with Crippen LogP contribution in [0.4, 0.5) is 5.69 Å². The Balaban J connectivity index is 2.40. The Morgan fingerprint density at radius 1 is 1.06 bits per heavy atom. The number of benzene rings is 2. The third-order valence-electron chi connectivity index (χ3n) is 5.27. The highest BCUT2D eigenvalue weighted by Crippen LogP contribution is 2.30. The van der Waals surface area contributed by atoms with E-state index in [1.165, 1.54) is 23.1 Å². The molecule has 0 saturated heterocycles. The molecule has 1 N–H and O–H groups in total. The lowest BCUT2D eigenvalue weighted by atomic mass is 10.1. The molecule has 0 aliphatic heterocycles. The first-order valence-corrected chi connectivity index (χ1v) is 13.7. The number of sulfonamides is 1. The van der Waals surface area contributed by atoms with Crippen LogP contribution in [0.25, 0.3) is 0 Å². The first-order valence-electron chi connectivity index (χ1n) is 11.1. The van der Waals surface area contributed by atoms with E-state index >= 15 is 0 Å². The summed E-state index contributed by atoms with van der Waals surface area (Å²) in [6.07, 6.45) is 3.12. The maximum atomic E-state index is 13.6. The van der Waals surface area contributed by atoms with Crippen LogP contribution in [0.3, 0.4) is 0 Å². The summed E-state index contributed by atoms with van der Waals surface area (Å²) in [5, 5.41) is 3.33. The number of nitrogens with one attached hydrogen (secondary N) is 1. The van der Waals surface area contributed by atoms with Crippen LogP contribution < -0.4 is 9.62 Å². The molecular formula is C24H31Cl2N3O4S. The minimum Gasteiger partial charge on any atom is -0.354 e. The number of unbranched alkanes of at least 4 members (excludes halogenated alkanes) is 1. The van der Waals surface area contributed by atoms with Crippen molar-refractivity contribution in [3.8, 4) is 0 Å². The molecule has 186 valence electrons. The van der Waals surface area contributed by atoms with E-state index < -0.39 is 28.5 Å². The molecule has 0 fully saturated rings. The van der Waals surface area contributed by atoms with Gasteiger partial charge in [-0.3, -0.25) is 13.9 Å². The quantitative estimate of drug-likeness (QED) is 0.412. The van der Waals surface area contributed by atoms with E-state index in [2.05, 4.69) is 5.32 Å². The fourth-order valence-electron chi connectivity index (χ4n) is 3.48. The second kappa shape index (κ2) is 13.0. The zero-order chi connectivity index (χ0) is 25.3. The molecule has 0 aliphatic rings. The van der Waals surface area contributed by atoms with Crippen molar-refractivity contribution in [2.75, 3.05) is 23.7 Å². The van der Waals surface area contributed by atoms with Gasteiger partial charge in [0.05, 0.1) is 17.0 Å². The van der Waals surface area contributed by atoms with Gasteiger partial charge in [0.15, 0.2) is 0 Å². The molecule has 2 amide bonds. The fourth-order valence-corrected chi connectivity index (χ4v) is 4.91. The van der Waals surface area contributed by atoms with E-state index in [-0.39, 0.29) is 23.2 Å². The highest BCUT2D eigenvalue weighted by atomic mass is 35.5. The first-order chi connectivity index (χ1) is 16.1. The van der Waals surface area contributed by atoms with Crippen molar-refractivity contribution < 1.29 is 18.0 Å². The van der Waals surface area contributed by atoms with Gasteiger partial charge in [-0.15, -0.1) is 0 Å². The van der Waals surface area contributed by atoms with Crippen molar-refractivity contribution in [2.24, 2.45) is 0 Å². The van der Waals surface area contributed by atoms with Crippen molar-refractivity contribution in [3.05, 3.63) is 64.1 Å². The summed E-state index contributed by atoms with van der Waals surface area (Å²) in [7, 11) is -3.87. The number of hydrogen-bond acceptors (Lipinski definition) is 4. The van der Waals surface area contributed by atoms with E-state index in [9.17, 15) is 18.0 Å². The topological polar surface area (TPSA) is 86.8 Å². The third kappa shape index (κ3) is 7.89. The minimum atomic E-state index is -3.87. The van der Waals surface area contributed by atoms with Gasteiger partial charge in [-0.2, -0.15) is 0 Å². The number of carbonyl (C=O) groups excluding carboxylic acids is 2. The second-order valence-corrected chi connectivity index (χ2v) is 10.7. The van der Waals surface area contributed by atoms with Gasteiger partial charge >= 0.3 is 0 Å². The zero-order valence-electron chi connectivity index (χ0n) is 19.6. The van der Waals surface area contributed by atoms with E-state index in [1.807, 2.05) is 44.2 Å². The molecule has 0 radical (unpaired) electrons. The monoisotopic (exact) mass is 527 g/mol. The summed E-state index contributed by atoms with van der Waals surface area (Å²) in [5.74, 6) is -0.784. The van der Waals surface area contributed by atoms with Crippen LogP contribution in [0.1, 0.15) is 38.7 Å². The van der Waals surface area contributed by atoms with Gasteiger partial charge in [-0.25, -0.2) is 8.42 Å². The summed E-state index contributed by atoms with van der Waals surface area (Å²) in [4.78, 5) is 27.9. The molecule has 1 atom stereocenters. The van der Waals surface area contributed by atoms with Crippen molar-refractivity contribution in [3.63, 3.8) is 0 Å². The van der Waals surface area contributed by atoms with Crippen LogP contribution in [0, 0.1) is 0 Å². The van der Waals surface area contributed by atoms with Crippen molar-refractivity contribution in [1.29, 1.82) is 0 Å². The molecule has 0 spiro atoms. The van der Waals surface area contributed by atoms with E-state index in [4.69, 9.17) is 23.2 Å². The third-order valence-corrected chi connectivity index (χ3v) is 6.93. The van der Waals surface area contributed by atoms with E-state index in [1.54, 1.807) is 0 Å². The summed E-state index contributed by atoms with van der Waals surface area (Å²) < 4.78 is 26.2. The lowest BCUT2D eigenvalue weighted by Crippen LogP contribution is -2.52. The Morgan fingerprint density at radius 2 is 1.74 bits per heavy atom. The number of rotatable bonds is 12. The number of amides is 2. The lowest BCUT2D eigenvalue weighted by molar-refractivity contribution is -0.140. The Labute approximate surface area is 212 Å². The lowest BCUT2D eigenvalue weighted by Gasteiger charge is -2.33. The average Bonchev–Trinajstić information content (AvgIpc) is 2.78. The molecule has 2 aromatic rings. The van der Waals surface area contributed by atoms with Crippen LogP contribution in [0.15, 0.2) is 48.5 Å². The highest BCUT2D eigenvalue weighted by molar-refractivity contribution is 7.92. The Morgan fingerprint density at radius 3 is 2.29 bits per heavy atom. The molecule has 10 heteroatoms. The van der Waals surface area contributed by atoms with Crippen molar-refractivity contribution in [1.82, 2.24) is 10.2 Å². The molecule has 0 aromatic heterocycles. The smallest absolute Gasteiger partial charge is 0.244 e. The van der Waals surface area contributed by atoms with Gasteiger partial charge < -0.3 is 10.2 Å². The summed E-state index contributed by atoms with van der Waals surface area (Å²) in [6.45, 7) is 4.00. The molecule has 2 rings (SSSR count). The molecule has 34 heavy (non-hydrogen) atoms. The number of carbonyl (C=O) groups is 2. The van der Waals surface area contributed by atoms with Gasteiger partial charge in [0, 0.05) is 18.1 Å². The van der Waals surface area contributed by atoms with Crippen LogP contribution in [0.5, 0.6) is 0 Å². The van der Waals surface area contributed by atoms with Gasteiger partial charge in [-0.05, 0) is 36.6 Å². The van der Waals surface area contributed by atoms with Gasteiger partial charge in [-0.1, -0.05) is 73.8 Å². The summed E-state index contributed by atoms with van der Waals surface area (Å²) in [5.41, 5.74) is 0.966. The molecular weight excluding hydrogens is 497 g/mol. The number of nitrogens with zero attached hydrogens (tertiary/aromatic N) is 2. The van der Waals surface area contributed by atoms with Crippen molar-refractivity contribution in [2.45, 2.75) is 45.7 Å². The average molecular weight is 529 g/mol. The predicted octanol–water partition coefficient (Wildman–Crippen LogP) is 4.48. The fraction of sp³-hybridized carbons (Fsp3) is 0.417. The number of anilines is 1. The van der Waals surface area contributed by atoms with Crippen LogP contribution in [-0.4, -0.2) is 50.5 Å². The molecule has 1 unspecified atom stereocenters. The predicted molar refractivity (Wildman–Crippen MR) is 138 cm³/mol. The zero-order valence-corrected chi connectivity index (χ0v) is 22.0. The maximum absolute atomic E-state index is 13.6. The molecule has 7 nitrogen and oxygen atoms in total. The standard InChI is InChI=1S/C24H31Cl2N3O4S/c1-4-6-14-27-24(31)21(5-2)28(16-18-10-8-7-9-11-18)23(30)17-29(34(3,32)33)22-13-12-19(25)15-20(22)26/h7-13,15,21H,4-6,14,16-17H2,1-3H3,(H,27,31). The molecule has 0 bridgehead atoms. The maximum Gasteiger partial charge on any atom is 0.244 e. The Kier molecular flexibility index (Phi) is 10.7. The van der Waals surface area contributed by atoms with Crippen LogP contribution >= 0.6 is 23.2 Å². The highest BCUT2D eigenvalue weighted by Gasteiger charge is 2.32. The summed E-state index contributed by atoms with van der Waals surface area (Å²) >= 11 is 12.2. The molecule has 2 aromatic carbocycles. The molecule has 0 aliphatic carbocycles. The minimum absolute atomic E-state index is 0.102. The van der Waals surface area contributed by atoms with Gasteiger partial charge in [0.25, 0.3) is 0 Å².